The molecule has 2 unspecified atom stereocenters. The van der Waals surface area contributed by atoms with E-state index in [4.69, 9.17) is 0 Å². The molecular weight excluding hydrogens is 330 g/mol. The normalized spacial score (nSPS) is 17.9. The van der Waals surface area contributed by atoms with Crippen LogP contribution in [0.25, 0.3) is 0 Å². The van der Waals surface area contributed by atoms with Crippen LogP contribution in [0.15, 0.2) is 48.5 Å². The lowest BCUT2D eigenvalue weighted by atomic mass is 10.1. The van der Waals surface area contributed by atoms with E-state index >= 15 is 0 Å². The van der Waals surface area contributed by atoms with E-state index in [9.17, 15) is 14.4 Å². The van der Waals surface area contributed by atoms with Gasteiger partial charge in [-0.2, -0.15) is 0 Å². The molecule has 6 heteroatoms. The molecule has 134 valence electrons. The zero-order chi connectivity index (χ0) is 18.7. The summed E-state index contributed by atoms with van der Waals surface area (Å²) in [6.07, 6.45) is 0.917. The molecule has 0 saturated heterocycles. The first-order valence-corrected chi connectivity index (χ1v) is 8.52. The summed E-state index contributed by atoms with van der Waals surface area (Å²) in [6, 6.07) is 13.7. The summed E-state index contributed by atoms with van der Waals surface area (Å²) in [5.74, 6) is 0.0922. The number of amides is 3. The molecule has 2 aromatic carbocycles. The van der Waals surface area contributed by atoms with Gasteiger partial charge in [-0.1, -0.05) is 13.0 Å². The number of anilines is 3. The highest BCUT2D eigenvalue weighted by atomic mass is 16.2. The van der Waals surface area contributed by atoms with Crippen LogP contribution in [0.5, 0.6) is 0 Å². The fourth-order valence-electron chi connectivity index (χ4n) is 2.70. The second-order valence-corrected chi connectivity index (χ2v) is 6.60. The number of carbonyl (C=O) groups is 3. The molecule has 1 fully saturated rings. The molecule has 2 atom stereocenters. The molecule has 3 N–H and O–H groups in total. The Labute approximate surface area is 152 Å². The highest BCUT2D eigenvalue weighted by Crippen LogP contribution is 2.38. The van der Waals surface area contributed by atoms with E-state index in [1.54, 1.807) is 48.5 Å². The van der Waals surface area contributed by atoms with Crippen LogP contribution in [0.3, 0.4) is 0 Å². The Hall–Kier alpha value is -3.15. The average Bonchev–Trinajstić information content (AvgIpc) is 3.33. The molecule has 0 heterocycles. The van der Waals surface area contributed by atoms with Crippen LogP contribution in [0, 0.1) is 11.8 Å². The summed E-state index contributed by atoms with van der Waals surface area (Å²) in [5.41, 5.74) is 2.35. The SMILES string of the molecule is CC(=O)Nc1ccc(NC(=O)c2cccc(NC(=O)C3CC3C)c2)cc1. The van der Waals surface area contributed by atoms with Gasteiger partial charge in [-0.15, -0.1) is 0 Å². The smallest absolute Gasteiger partial charge is 0.255 e. The number of hydrogen-bond acceptors (Lipinski definition) is 3. The van der Waals surface area contributed by atoms with E-state index in [-0.39, 0.29) is 23.6 Å². The second kappa shape index (κ2) is 7.39. The summed E-state index contributed by atoms with van der Waals surface area (Å²) in [6.45, 7) is 3.48. The first kappa shape index (κ1) is 17.7. The molecule has 3 amide bonds. The predicted octanol–water partition coefficient (Wildman–Crippen LogP) is 3.49. The maximum absolute atomic E-state index is 12.4. The summed E-state index contributed by atoms with van der Waals surface area (Å²) in [5, 5.41) is 8.33. The van der Waals surface area contributed by atoms with Crippen molar-refractivity contribution in [2.75, 3.05) is 16.0 Å². The Morgan fingerprint density at radius 3 is 2.08 bits per heavy atom. The van der Waals surface area contributed by atoms with E-state index in [0.29, 0.717) is 28.5 Å². The number of benzene rings is 2. The quantitative estimate of drug-likeness (QED) is 0.770. The van der Waals surface area contributed by atoms with Crippen molar-refractivity contribution in [2.24, 2.45) is 11.8 Å². The predicted molar refractivity (Wildman–Crippen MR) is 101 cm³/mol. The summed E-state index contributed by atoms with van der Waals surface area (Å²) in [4.78, 5) is 35.5. The van der Waals surface area contributed by atoms with Crippen molar-refractivity contribution in [3.05, 3.63) is 54.1 Å². The third-order valence-electron chi connectivity index (χ3n) is 4.30. The minimum atomic E-state index is -0.270. The van der Waals surface area contributed by atoms with E-state index in [1.807, 2.05) is 6.92 Å². The van der Waals surface area contributed by atoms with Crippen LogP contribution < -0.4 is 16.0 Å². The summed E-state index contributed by atoms with van der Waals surface area (Å²) >= 11 is 0. The van der Waals surface area contributed by atoms with Crippen molar-refractivity contribution in [1.82, 2.24) is 0 Å². The lowest BCUT2D eigenvalue weighted by molar-refractivity contribution is -0.117. The molecule has 1 aliphatic rings. The van der Waals surface area contributed by atoms with Crippen LogP contribution in [-0.4, -0.2) is 17.7 Å². The Morgan fingerprint density at radius 1 is 0.885 bits per heavy atom. The number of nitrogens with one attached hydrogen (secondary N) is 3. The van der Waals surface area contributed by atoms with Gasteiger partial charge in [0.15, 0.2) is 0 Å². The number of carbonyl (C=O) groups excluding carboxylic acids is 3. The molecule has 0 aliphatic heterocycles. The van der Waals surface area contributed by atoms with E-state index in [2.05, 4.69) is 16.0 Å². The van der Waals surface area contributed by atoms with Crippen LogP contribution in [-0.2, 0) is 9.59 Å². The maximum Gasteiger partial charge on any atom is 0.255 e. The average molecular weight is 351 g/mol. The van der Waals surface area contributed by atoms with E-state index in [1.165, 1.54) is 6.92 Å². The Balaban J connectivity index is 1.63. The number of rotatable bonds is 5. The highest BCUT2D eigenvalue weighted by molar-refractivity contribution is 6.05. The molecular formula is C20H21N3O3. The lowest BCUT2D eigenvalue weighted by Crippen LogP contribution is -2.16. The molecule has 1 aliphatic carbocycles. The van der Waals surface area contributed by atoms with Crippen LogP contribution in [0.4, 0.5) is 17.1 Å². The fraction of sp³-hybridized carbons (Fsp3) is 0.250. The zero-order valence-corrected chi connectivity index (χ0v) is 14.7. The second-order valence-electron chi connectivity index (χ2n) is 6.60. The Bertz CT molecular complexity index is 846. The zero-order valence-electron chi connectivity index (χ0n) is 14.7. The Kier molecular flexibility index (Phi) is 5.02. The molecule has 1 saturated carbocycles. The first-order chi connectivity index (χ1) is 12.4. The van der Waals surface area contributed by atoms with Gasteiger partial charge in [0.1, 0.15) is 0 Å². The third kappa shape index (κ3) is 4.47. The molecule has 0 aromatic heterocycles. The molecule has 26 heavy (non-hydrogen) atoms. The molecule has 0 radical (unpaired) electrons. The minimum absolute atomic E-state index is 0.00335. The van der Waals surface area contributed by atoms with Gasteiger partial charge in [-0.05, 0) is 54.8 Å². The number of hydrogen-bond donors (Lipinski definition) is 3. The van der Waals surface area contributed by atoms with Gasteiger partial charge in [-0.3, -0.25) is 14.4 Å². The highest BCUT2D eigenvalue weighted by Gasteiger charge is 2.39. The van der Waals surface area contributed by atoms with Crippen LogP contribution in [0.2, 0.25) is 0 Å². The fourth-order valence-corrected chi connectivity index (χ4v) is 2.70. The molecule has 0 bridgehead atoms. The topological polar surface area (TPSA) is 87.3 Å². The standard InChI is InChI=1S/C20H21N3O3/c1-12-10-18(12)20(26)23-17-5-3-4-14(11-17)19(25)22-16-8-6-15(7-9-16)21-13(2)24/h3-9,11-12,18H,10H2,1-2H3,(H,21,24)(H,22,25)(H,23,26). The van der Waals surface area contributed by atoms with E-state index < -0.39 is 0 Å². The molecule has 6 nitrogen and oxygen atoms in total. The van der Waals surface area contributed by atoms with Crippen molar-refractivity contribution in [3.63, 3.8) is 0 Å². The molecule has 0 spiro atoms. The van der Waals surface area contributed by atoms with Gasteiger partial charge >= 0.3 is 0 Å². The van der Waals surface area contributed by atoms with Gasteiger partial charge in [-0.25, -0.2) is 0 Å². The van der Waals surface area contributed by atoms with Gasteiger partial charge in [0.25, 0.3) is 5.91 Å². The molecule has 3 rings (SSSR count). The van der Waals surface area contributed by atoms with Gasteiger partial charge < -0.3 is 16.0 Å². The third-order valence-corrected chi connectivity index (χ3v) is 4.30. The van der Waals surface area contributed by atoms with Crippen molar-refractivity contribution < 1.29 is 14.4 Å². The molecule has 2 aromatic rings. The van der Waals surface area contributed by atoms with E-state index in [0.717, 1.165) is 6.42 Å². The van der Waals surface area contributed by atoms with Crippen molar-refractivity contribution >= 4 is 34.8 Å². The lowest BCUT2D eigenvalue weighted by Gasteiger charge is -2.09. The van der Waals surface area contributed by atoms with Gasteiger partial charge in [0.05, 0.1) is 0 Å². The van der Waals surface area contributed by atoms with Crippen molar-refractivity contribution in [3.8, 4) is 0 Å². The maximum atomic E-state index is 12.4. The van der Waals surface area contributed by atoms with Gasteiger partial charge in [0.2, 0.25) is 11.8 Å². The Morgan fingerprint density at radius 2 is 1.50 bits per heavy atom. The van der Waals surface area contributed by atoms with Gasteiger partial charge in [0, 0.05) is 35.5 Å². The van der Waals surface area contributed by atoms with Crippen LogP contribution >= 0.6 is 0 Å². The van der Waals surface area contributed by atoms with Crippen molar-refractivity contribution in [1.29, 1.82) is 0 Å². The monoisotopic (exact) mass is 351 g/mol. The summed E-state index contributed by atoms with van der Waals surface area (Å²) in [7, 11) is 0. The largest absolute Gasteiger partial charge is 0.326 e. The summed E-state index contributed by atoms with van der Waals surface area (Å²) < 4.78 is 0. The first-order valence-electron chi connectivity index (χ1n) is 8.52. The van der Waals surface area contributed by atoms with Crippen LogP contribution in [0.1, 0.15) is 30.6 Å². The minimum Gasteiger partial charge on any atom is -0.326 e. The van der Waals surface area contributed by atoms with Crippen molar-refractivity contribution in [2.45, 2.75) is 20.3 Å².